The zero-order chi connectivity index (χ0) is 19.8. The van der Waals surface area contributed by atoms with Crippen molar-refractivity contribution in [3.05, 3.63) is 35.9 Å². The zero-order valence-corrected chi connectivity index (χ0v) is 15.4. The molecule has 0 heterocycles. The van der Waals surface area contributed by atoms with Crippen LogP contribution in [0, 0.1) is 5.41 Å². The van der Waals surface area contributed by atoms with Gasteiger partial charge < -0.3 is 9.08 Å². The maximum absolute atomic E-state index is 12.7. The third-order valence-electron chi connectivity index (χ3n) is 4.26. The third kappa shape index (κ3) is 4.38. The van der Waals surface area contributed by atoms with E-state index in [1.807, 2.05) is 6.08 Å². The van der Waals surface area contributed by atoms with Crippen LogP contribution in [0.4, 0.5) is 18.9 Å². The second kappa shape index (κ2) is 6.94. The van der Waals surface area contributed by atoms with Gasteiger partial charge in [-0.15, -0.1) is 0 Å². The van der Waals surface area contributed by atoms with Crippen molar-refractivity contribution in [1.82, 2.24) is 0 Å². The molecule has 1 aromatic rings. The van der Waals surface area contributed by atoms with E-state index in [1.54, 1.807) is 0 Å². The van der Waals surface area contributed by atoms with Crippen LogP contribution in [0.1, 0.15) is 33.1 Å². The van der Waals surface area contributed by atoms with Crippen molar-refractivity contribution in [2.75, 3.05) is 11.9 Å². The summed E-state index contributed by atoms with van der Waals surface area (Å²) < 4.78 is 64.5. The van der Waals surface area contributed by atoms with Crippen molar-refractivity contribution in [2.24, 2.45) is 5.41 Å². The molecule has 0 aromatic heterocycles. The quantitative estimate of drug-likeness (QED) is 0.575. The highest BCUT2D eigenvalue weighted by atomic mass is 32.2. The van der Waals surface area contributed by atoms with Crippen LogP contribution in [0.25, 0.3) is 0 Å². The van der Waals surface area contributed by atoms with Gasteiger partial charge in [0, 0.05) is 12.6 Å². The molecule has 0 saturated heterocycles. The number of carbonyl (C=O) groups excluding carboxylic acids is 1. The Morgan fingerprint density at radius 2 is 1.85 bits per heavy atom. The summed E-state index contributed by atoms with van der Waals surface area (Å²) >= 11 is 0. The Labute approximate surface area is 150 Å². The molecule has 0 saturated carbocycles. The molecule has 1 aliphatic rings. The number of carbonyl (C=O) groups is 1. The van der Waals surface area contributed by atoms with Crippen molar-refractivity contribution in [1.29, 1.82) is 0 Å². The number of halogens is 3. The minimum absolute atomic E-state index is 0.0592. The highest BCUT2D eigenvalue weighted by molar-refractivity contribution is 7.88. The van der Waals surface area contributed by atoms with Gasteiger partial charge in [0.25, 0.3) is 5.91 Å². The van der Waals surface area contributed by atoms with Crippen molar-refractivity contribution in [3.63, 3.8) is 0 Å². The molecule has 0 radical (unpaired) electrons. The van der Waals surface area contributed by atoms with E-state index in [0.717, 1.165) is 17.4 Å². The number of hydrogen-bond donors (Lipinski definition) is 0. The van der Waals surface area contributed by atoms with E-state index in [1.165, 1.54) is 25.2 Å². The van der Waals surface area contributed by atoms with Gasteiger partial charge in [-0.1, -0.05) is 32.1 Å². The Balaban J connectivity index is 2.29. The van der Waals surface area contributed by atoms with E-state index < -0.39 is 27.3 Å². The van der Waals surface area contributed by atoms with Gasteiger partial charge in [0.05, 0.1) is 5.69 Å². The lowest BCUT2D eigenvalue weighted by Gasteiger charge is -2.30. The molecule has 1 aliphatic carbocycles. The molecule has 0 fully saturated rings. The molecule has 144 valence electrons. The molecule has 1 amide bonds. The molecule has 0 aliphatic heterocycles. The van der Waals surface area contributed by atoms with Gasteiger partial charge in [0.1, 0.15) is 0 Å². The van der Waals surface area contributed by atoms with E-state index in [0.29, 0.717) is 18.4 Å². The molecule has 0 atom stereocenters. The van der Waals surface area contributed by atoms with Crippen LogP contribution in [0.5, 0.6) is 5.75 Å². The predicted molar refractivity (Wildman–Crippen MR) is 91.2 cm³/mol. The number of para-hydroxylation sites is 2. The topological polar surface area (TPSA) is 63.7 Å². The average Bonchev–Trinajstić information content (AvgIpc) is 2.52. The summed E-state index contributed by atoms with van der Waals surface area (Å²) in [5, 5.41) is 0. The standard InChI is InChI=1S/C17H20F3NO4S/c1-16(2)10-8-12(9-11-16)15(22)21(3)13-6-4-5-7-14(13)25-26(23,24)17(18,19)20/h4-8H,9-11H2,1-3H3. The Morgan fingerprint density at radius 1 is 1.23 bits per heavy atom. The number of allylic oxidation sites excluding steroid dienone is 1. The van der Waals surface area contributed by atoms with Crippen LogP contribution in [-0.4, -0.2) is 26.9 Å². The fourth-order valence-corrected chi connectivity index (χ4v) is 3.04. The molecule has 0 N–H and O–H groups in total. The van der Waals surface area contributed by atoms with Gasteiger partial charge in [0.2, 0.25) is 0 Å². The first-order valence-electron chi connectivity index (χ1n) is 7.91. The molecular weight excluding hydrogens is 371 g/mol. The molecular formula is C17H20F3NO4S. The number of rotatable bonds is 4. The summed E-state index contributed by atoms with van der Waals surface area (Å²) in [6.45, 7) is 4.17. The molecule has 1 aromatic carbocycles. The highest BCUT2D eigenvalue weighted by Gasteiger charge is 2.49. The van der Waals surface area contributed by atoms with Crippen molar-refractivity contribution < 1.29 is 30.6 Å². The van der Waals surface area contributed by atoms with Gasteiger partial charge in [-0.3, -0.25) is 4.79 Å². The van der Waals surface area contributed by atoms with Crippen LogP contribution in [0.15, 0.2) is 35.9 Å². The molecule has 0 spiro atoms. The number of amides is 1. The summed E-state index contributed by atoms with van der Waals surface area (Å²) in [5.74, 6) is -0.960. The SMILES string of the molecule is CN(C(=O)C1=CCC(C)(C)CC1)c1ccccc1OS(=O)(=O)C(F)(F)F. The number of anilines is 1. The molecule has 5 nitrogen and oxygen atoms in total. The first-order valence-corrected chi connectivity index (χ1v) is 9.32. The molecule has 0 unspecified atom stereocenters. The normalized spacial score (nSPS) is 17.4. The number of nitrogens with zero attached hydrogens (tertiary/aromatic N) is 1. The number of benzene rings is 1. The van der Waals surface area contributed by atoms with E-state index in [4.69, 9.17) is 0 Å². The smallest absolute Gasteiger partial charge is 0.374 e. The van der Waals surface area contributed by atoms with E-state index in [2.05, 4.69) is 18.0 Å². The van der Waals surface area contributed by atoms with Crippen molar-refractivity contribution in [2.45, 2.75) is 38.6 Å². The first-order chi connectivity index (χ1) is 11.8. The van der Waals surface area contributed by atoms with Crippen molar-refractivity contribution >= 4 is 21.7 Å². The fourth-order valence-electron chi connectivity index (χ4n) is 2.57. The second-order valence-electron chi connectivity index (χ2n) is 6.91. The Kier molecular flexibility index (Phi) is 5.41. The minimum Gasteiger partial charge on any atom is -0.374 e. The zero-order valence-electron chi connectivity index (χ0n) is 14.6. The van der Waals surface area contributed by atoms with Crippen LogP contribution < -0.4 is 9.08 Å². The van der Waals surface area contributed by atoms with Gasteiger partial charge in [-0.05, 0) is 36.8 Å². The molecule has 2 rings (SSSR count). The number of likely N-dealkylation sites (N-methyl/N-ethyl adjacent to an activating group) is 1. The van der Waals surface area contributed by atoms with E-state index in [-0.39, 0.29) is 11.1 Å². The summed E-state index contributed by atoms with van der Waals surface area (Å²) in [7, 11) is -4.46. The predicted octanol–water partition coefficient (Wildman–Crippen LogP) is 4.01. The lowest BCUT2D eigenvalue weighted by molar-refractivity contribution is -0.115. The first kappa shape index (κ1) is 20.3. The monoisotopic (exact) mass is 391 g/mol. The average molecular weight is 391 g/mol. The Hall–Kier alpha value is -2.03. The summed E-state index contributed by atoms with van der Waals surface area (Å²) in [5.41, 5.74) is -4.99. The Bertz CT molecular complexity index is 829. The maximum Gasteiger partial charge on any atom is 0.534 e. The third-order valence-corrected chi connectivity index (χ3v) is 5.23. The highest BCUT2D eigenvalue weighted by Crippen LogP contribution is 2.37. The van der Waals surface area contributed by atoms with Crippen LogP contribution >= 0.6 is 0 Å². The van der Waals surface area contributed by atoms with Gasteiger partial charge in [0.15, 0.2) is 5.75 Å². The summed E-state index contributed by atoms with van der Waals surface area (Å²) in [6.07, 6.45) is 3.87. The molecule has 0 bridgehead atoms. The summed E-state index contributed by atoms with van der Waals surface area (Å²) in [6, 6.07) is 5.20. The molecule has 26 heavy (non-hydrogen) atoms. The van der Waals surface area contributed by atoms with Gasteiger partial charge in [-0.2, -0.15) is 21.6 Å². The minimum atomic E-state index is -5.83. The van der Waals surface area contributed by atoms with Crippen LogP contribution in [0.3, 0.4) is 0 Å². The second-order valence-corrected chi connectivity index (χ2v) is 8.45. The maximum atomic E-state index is 12.7. The largest absolute Gasteiger partial charge is 0.534 e. The summed E-state index contributed by atoms with van der Waals surface area (Å²) in [4.78, 5) is 13.8. The number of alkyl halides is 3. The number of hydrogen-bond acceptors (Lipinski definition) is 4. The fraction of sp³-hybridized carbons (Fsp3) is 0.471. The van der Waals surface area contributed by atoms with Crippen LogP contribution in [-0.2, 0) is 14.9 Å². The van der Waals surface area contributed by atoms with Crippen molar-refractivity contribution in [3.8, 4) is 5.75 Å². The lowest BCUT2D eigenvalue weighted by atomic mass is 9.78. The van der Waals surface area contributed by atoms with Gasteiger partial charge >= 0.3 is 15.6 Å². The van der Waals surface area contributed by atoms with E-state index >= 15 is 0 Å². The van der Waals surface area contributed by atoms with E-state index in [9.17, 15) is 26.4 Å². The lowest BCUT2D eigenvalue weighted by Crippen LogP contribution is -2.32. The van der Waals surface area contributed by atoms with Gasteiger partial charge in [-0.25, -0.2) is 0 Å². The van der Waals surface area contributed by atoms with Crippen LogP contribution in [0.2, 0.25) is 0 Å². The molecule has 9 heteroatoms. The Morgan fingerprint density at radius 3 is 2.38 bits per heavy atom.